The third kappa shape index (κ3) is 4.53. The van der Waals surface area contributed by atoms with Crippen LogP contribution in [0.5, 0.6) is 0 Å². The molecular weight excluding hydrogens is 336 g/mol. The standard InChI is InChI=1S/C20H26O6/c1-11-5-3-7-13(9-11)15(21)17(23)19(25)20(26)18(24)16(22)14-8-4-6-12(2)10-14/h3-8,17-26H,9-10H2,1-2H3/t17-,18+,19-,20-/m1/s1. The molecule has 0 aliphatic heterocycles. The normalized spacial score (nSPS) is 25.8. The molecule has 0 aromatic heterocycles. The van der Waals surface area contributed by atoms with Crippen molar-refractivity contribution in [2.24, 2.45) is 0 Å². The van der Waals surface area contributed by atoms with Crippen molar-refractivity contribution in [2.45, 2.75) is 51.1 Å². The molecule has 0 saturated carbocycles. The Morgan fingerprint density at radius 3 is 1.38 bits per heavy atom. The van der Waals surface area contributed by atoms with E-state index >= 15 is 0 Å². The van der Waals surface area contributed by atoms with Crippen molar-refractivity contribution >= 4 is 0 Å². The predicted octanol–water partition coefficient (Wildman–Crippen LogP) is 1.87. The summed E-state index contributed by atoms with van der Waals surface area (Å²) in [4.78, 5) is 0. The highest BCUT2D eigenvalue weighted by Gasteiger charge is 2.36. The first-order valence-electron chi connectivity index (χ1n) is 8.46. The molecule has 0 aromatic rings. The van der Waals surface area contributed by atoms with Gasteiger partial charge in [-0.3, -0.25) is 0 Å². The monoisotopic (exact) mass is 362 g/mol. The van der Waals surface area contributed by atoms with Gasteiger partial charge in [0.25, 0.3) is 0 Å². The fourth-order valence-corrected chi connectivity index (χ4v) is 2.92. The average molecular weight is 362 g/mol. The van der Waals surface area contributed by atoms with E-state index in [2.05, 4.69) is 0 Å². The summed E-state index contributed by atoms with van der Waals surface area (Å²) in [6.07, 6.45) is 3.75. The summed E-state index contributed by atoms with van der Waals surface area (Å²) in [5, 5.41) is 61.1. The maximum Gasteiger partial charge on any atom is 0.139 e. The van der Waals surface area contributed by atoms with Gasteiger partial charge in [0.1, 0.15) is 35.9 Å². The van der Waals surface area contributed by atoms with Gasteiger partial charge in [-0.25, -0.2) is 0 Å². The minimum absolute atomic E-state index is 0.399. The fourth-order valence-electron chi connectivity index (χ4n) is 2.92. The quantitative estimate of drug-likeness (QED) is 0.415. The Hall–Kier alpha value is -2.12. The summed E-state index contributed by atoms with van der Waals surface area (Å²) in [5.41, 5.74) is 2.76. The maximum absolute atomic E-state index is 10.2. The Kier molecular flexibility index (Phi) is 6.61. The summed E-state index contributed by atoms with van der Waals surface area (Å²) < 4.78 is 0. The molecule has 0 bridgehead atoms. The van der Waals surface area contributed by atoms with Crippen molar-refractivity contribution in [3.63, 3.8) is 0 Å². The Labute approximate surface area is 152 Å². The second kappa shape index (κ2) is 8.51. The summed E-state index contributed by atoms with van der Waals surface area (Å²) in [5.74, 6) is -0.952. The first-order valence-corrected chi connectivity index (χ1v) is 8.46. The first kappa shape index (κ1) is 20.2. The van der Waals surface area contributed by atoms with Crippen LogP contribution in [0.3, 0.4) is 0 Å². The Bertz CT molecular complexity index is 661. The van der Waals surface area contributed by atoms with Crippen LogP contribution in [0.25, 0.3) is 0 Å². The largest absolute Gasteiger partial charge is 0.509 e. The molecule has 6 heteroatoms. The Morgan fingerprint density at radius 2 is 1.08 bits per heavy atom. The van der Waals surface area contributed by atoms with Gasteiger partial charge in [0.15, 0.2) is 0 Å². The highest BCUT2D eigenvalue weighted by Crippen LogP contribution is 2.26. The van der Waals surface area contributed by atoms with E-state index in [1.54, 1.807) is 24.3 Å². The van der Waals surface area contributed by atoms with E-state index < -0.39 is 35.9 Å². The molecule has 2 aliphatic rings. The zero-order valence-corrected chi connectivity index (χ0v) is 14.9. The van der Waals surface area contributed by atoms with E-state index in [1.807, 2.05) is 26.0 Å². The lowest BCUT2D eigenvalue weighted by molar-refractivity contribution is -0.101. The van der Waals surface area contributed by atoms with Crippen molar-refractivity contribution < 1.29 is 30.6 Å². The molecule has 0 aromatic carbocycles. The van der Waals surface area contributed by atoms with E-state index in [4.69, 9.17) is 0 Å². The predicted molar refractivity (Wildman–Crippen MR) is 98.4 cm³/mol. The van der Waals surface area contributed by atoms with Gasteiger partial charge in [0.05, 0.1) is 0 Å². The highest BCUT2D eigenvalue weighted by molar-refractivity contribution is 5.38. The average Bonchev–Trinajstić information content (AvgIpc) is 2.64. The zero-order valence-electron chi connectivity index (χ0n) is 14.9. The topological polar surface area (TPSA) is 121 Å². The summed E-state index contributed by atoms with van der Waals surface area (Å²) in [6, 6.07) is 0. The lowest BCUT2D eigenvalue weighted by atomic mass is 9.92. The van der Waals surface area contributed by atoms with Crippen LogP contribution in [0.4, 0.5) is 0 Å². The zero-order chi connectivity index (χ0) is 19.4. The van der Waals surface area contributed by atoms with Crippen LogP contribution in [0.2, 0.25) is 0 Å². The van der Waals surface area contributed by atoms with Gasteiger partial charge < -0.3 is 30.6 Å². The molecule has 0 unspecified atom stereocenters. The van der Waals surface area contributed by atoms with Gasteiger partial charge in [-0.05, 0) is 37.8 Å². The van der Waals surface area contributed by atoms with Crippen molar-refractivity contribution in [1.82, 2.24) is 0 Å². The second-order valence-electron chi connectivity index (χ2n) is 6.79. The molecule has 4 atom stereocenters. The molecule has 2 aliphatic carbocycles. The van der Waals surface area contributed by atoms with Crippen LogP contribution >= 0.6 is 0 Å². The van der Waals surface area contributed by atoms with Gasteiger partial charge in [-0.2, -0.15) is 0 Å². The third-order valence-electron chi connectivity index (χ3n) is 4.51. The summed E-state index contributed by atoms with van der Waals surface area (Å²) in [6.45, 7) is 3.72. The van der Waals surface area contributed by atoms with E-state index in [0.29, 0.717) is 24.0 Å². The minimum Gasteiger partial charge on any atom is -0.509 e. The molecule has 6 nitrogen and oxygen atoms in total. The lowest BCUT2D eigenvalue weighted by Gasteiger charge is -2.28. The maximum atomic E-state index is 10.2. The van der Waals surface area contributed by atoms with Gasteiger partial charge in [0, 0.05) is 0 Å². The molecule has 0 spiro atoms. The molecule has 0 amide bonds. The van der Waals surface area contributed by atoms with Crippen LogP contribution in [-0.2, 0) is 0 Å². The lowest BCUT2D eigenvalue weighted by Crippen LogP contribution is -2.46. The number of allylic oxidation sites excluding steroid dienone is 10. The number of hydrogen-bond donors (Lipinski definition) is 6. The van der Waals surface area contributed by atoms with E-state index in [0.717, 1.165) is 11.1 Å². The Balaban J connectivity index is 2.14. The number of aliphatic hydroxyl groups is 6. The minimum atomic E-state index is -1.89. The summed E-state index contributed by atoms with van der Waals surface area (Å²) in [7, 11) is 0. The fraction of sp³-hybridized carbons (Fsp3) is 0.400. The van der Waals surface area contributed by atoms with Gasteiger partial charge in [-0.15, -0.1) is 0 Å². The van der Waals surface area contributed by atoms with Crippen LogP contribution in [0, 0.1) is 0 Å². The smallest absolute Gasteiger partial charge is 0.139 e. The first-order chi connectivity index (χ1) is 12.2. The second-order valence-corrected chi connectivity index (χ2v) is 6.79. The van der Waals surface area contributed by atoms with Crippen LogP contribution in [-0.4, -0.2) is 55.1 Å². The van der Waals surface area contributed by atoms with Gasteiger partial charge in [-0.1, -0.05) is 47.6 Å². The highest BCUT2D eigenvalue weighted by atomic mass is 16.4. The molecule has 26 heavy (non-hydrogen) atoms. The van der Waals surface area contributed by atoms with Crippen molar-refractivity contribution in [3.8, 4) is 0 Å². The van der Waals surface area contributed by atoms with Crippen molar-refractivity contribution in [3.05, 3.63) is 70.3 Å². The molecule has 0 heterocycles. The number of hydrogen-bond acceptors (Lipinski definition) is 6. The van der Waals surface area contributed by atoms with E-state index in [-0.39, 0.29) is 0 Å². The van der Waals surface area contributed by atoms with E-state index in [9.17, 15) is 30.6 Å². The van der Waals surface area contributed by atoms with Crippen LogP contribution in [0.15, 0.2) is 70.3 Å². The van der Waals surface area contributed by atoms with Gasteiger partial charge in [0.2, 0.25) is 0 Å². The van der Waals surface area contributed by atoms with E-state index in [1.165, 1.54) is 0 Å². The SMILES string of the molecule is CC1=CC=CC(=C(O)[C@@H](O)[C@@H](O)[C@H](O)[C@@H](O)C(O)=C2C=CC=C(C)C2)C1. The van der Waals surface area contributed by atoms with Crippen molar-refractivity contribution in [2.75, 3.05) is 0 Å². The summed E-state index contributed by atoms with van der Waals surface area (Å²) >= 11 is 0. The van der Waals surface area contributed by atoms with Gasteiger partial charge >= 0.3 is 0 Å². The third-order valence-corrected chi connectivity index (χ3v) is 4.51. The Morgan fingerprint density at radius 1 is 0.731 bits per heavy atom. The number of aliphatic hydroxyl groups excluding tert-OH is 6. The van der Waals surface area contributed by atoms with Crippen LogP contribution < -0.4 is 0 Å². The molecule has 0 saturated heterocycles. The van der Waals surface area contributed by atoms with Crippen molar-refractivity contribution in [1.29, 1.82) is 0 Å². The molecule has 142 valence electrons. The van der Waals surface area contributed by atoms with Crippen LogP contribution in [0.1, 0.15) is 26.7 Å². The molecule has 6 N–H and O–H groups in total. The molecule has 0 radical (unpaired) electrons. The molecule has 0 fully saturated rings. The molecule has 2 rings (SSSR count). The molecular formula is C20H26O6. The number of rotatable bonds is 5.